The van der Waals surface area contributed by atoms with Crippen LogP contribution in [-0.2, 0) is 7.05 Å². The van der Waals surface area contributed by atoms with Crippen molar-refractivity contribution in [2.24, 2.45) is 7.05 Å². The largest absolute Gasteiger partial charge is 0.290 e. The van der Waals surface area contributed by atoms with Gasteiger partial charge in [0.05, 0.1) is 0 Å². The number of carbonyl (C=O) groups is 2. The highest BCUT2D eigenvalue weighted by molar-refractivity contribution is 5.98. The van der Waals surface area contributed by atoms with Crippen molar-refractivity contribution in [3.05, 3.63) is 53.1 Å². The molecule has 0 unspecified atom stereocenters. The number of nitrogens with zero attached hydrogens (tertiary/aromatic N) is 2. The van der Waals surface area contributed by atoms with Crippen molar-refractivity contribution in [3.63, 3.8) is 0 Å². The van der Waals surface area contributed by atoms with Crippen LogP contribution in [0, 0.1) is 12.7 Å². The second kappa shape index (κ2) is 5.52. The predicted octanol–water partition coefficient (Wildman–Crippen LogP) is 0.942. The van der Waals surface area contributed by atoms with Gasteiger partial charge in [0.2, 0.25) is 0 Å². The van der Waals surface area contributed by atoms with Gasteiger partial charge in [0, 0.05) is 18.3 Å². The molecule has 104 valence electrons. The van der Waals surface area contributed by atoms with E-state index in [1.165, 1.54) is 24.3 Å². The molecule has 1 heterocycles. The highest BCUT2D eigenvalue weighted by Gasteiger charge is 2.12. The molecule has 0 saturated heterocycles. The maximum Gasteiger partial charge on any atom is 0.290 e. The third kappa shape index (κ3) is 3.00. The Labute approximate surface area is 114 Å². The summed E-state index contributed by atoms with van der Waals surface area (Å²) in [6, 6.07) is 6.57. The van der Waals surface area contributed by atoms with E-state index < -0.39 is 17.6 Å². The van der Waals surface area contributed by atoms with Crippen molar-refractivity contribution < 1.29 is 14.0 Å². The van der Waals surface area contributed by atoms with Crippen LogP contribution in [0.3, 0.4) is 0 Å². The van der Waals surface area contributed by atoms with E-state index in [0.29, 0.717) is 0 Å². The molecule has 6 nitrogen and oxygen atoms in total. The number of nitrogens with one attached hydrogen (secondary N) is 2. The smallest absolute Gasteiger partial charge is 0.272 e. The van der Waals surface area contributed by atoms with Gasteiger partial charge in [-0.05, 0) is 37.3 Å². The van der Waals surface area contributed by atoms with Crippen LogP contribution in [0.5, 0.6) is 0 Å². The van der Waals surface area contributed by atoms with Crippen molar-refractivity contribution in [2.75, 3.05) is 0 Å². The first-order chi connectivity index (χ1) is 9.47. The van der Waals surface area contributed by atoms with E-state index in [1.54, 1.807) is 24.7 Å². The Morgan fingerprint density at radius 2 is 1.75 bits per heavy atom. The zero-order valence-electron chi connectivity index (χ0n) is 11.0. The van der Waals surface area contributed by atoms with Crippen molar-refractivity contribution in [3.8, 4) is 0 Å². The Morgan fingerprint density at radius 3 is 2.30 bits per heavy atom. The second-order valence-corrected chi connectivity index (χ2v) is 4.21. The maximum atomic E-state index is 12.7. The molecule has 7 heteroatoms. The minimum absolute atomic E-state index is 0.199. The lowest BCUT2D eigenvalue weighted by Crippen LogP contribution is -2.41. The zero-order valence-corrected chi connectivity index (χ0v) is 11.0. The van der Waals surface area contributed by atoms with E-state index in [2.05, 4.69) is 16.0 Å². The SMILES string of the molecule is Cc1cc(C(=O)NNC(=O)c2ccc(F)cc2)nn1C. The molecule has 2 amide bonds. The van der Waals surface area contributed by atoms with Crippen LogP contribution in [0.15, 0.2) is 30.3 Å². The monoisotopic (exact) mass is 276 g/mol. The minimum atomic E-state index is -0.536. The lowest BCUT2D eigenvalue weighted by atomic mass is 10.2. The summed E-state index contributed by atoms with van der Waals surface area (Å²) >= 11 is 0. The van der Waals surface area contributed by atoms with E-state index in [1.807, 2.05) is 0 Å². The number of hydrogen-bond donors (Lipinski definition) is 2. The van der Waals surface area contributed by atoms with Crippen LogP contribution in [0.25, 0.3) is 0 Å². The summed E-state index contributed by atoms with van der Waals surface area (Å²) in [5.41, 5.74) is 5.74. The standard InChI is InChI=1S/C13H13FN4O2/c1-8-7-11(17-18(8)2)13(20)16-15-12(19)9-3-5-10(14)6-4-9/h3-7H,1-2H3,(H,15,19)(H,16,20). The van der Waals surface area contributed by atoms with Gasteiger partial charge in [-0.1, -0.05) is 0 Å². The summed E-state index contributed by atoms with van der Waals surface area (Å²) in [4.78, 5) is 23.4. The normalized spacial score (nSPS) is 10.2. The molecule has 20 heavy (non-hydrogen) atoms. The first-order valence-corrected chi connectivity index (χ1v) is 5.84. The van der Waals surface area contributed by atoms with Crippen LogP contribution in [-0.4, -0.2) is 21.6 Å². The van der Waals surface area contributed by atoms with Gasteiger partial charge < -0.3 is 0 Å². The molecule has 0 fully saturated rings. The van der Waals surface area contributed by atoms with Crippen LogP contribution < -0.4 is 10.9 Å². The van der Waals surface area contributed by atoms with Gasteiger partial charge in [0.25, 0.3) is 11.8 Å². The molecule has 0 aliphatic rings. The Morgan fingerprint density at radius 1 is 1.15 bits per heavy atom. The fraction of sp³-hybridized carbons (Fsp3) is 0.154. The predicted molar refractivity (Wildman–Crippen MR) is 69.3 cm³/mol. The average molecular weight is 276 g/mol. The van der Waals surface area contributed by atoms with Crippen LogP contribution in [0.1, 0.15) is 26.5 Å². The molecular weight excluding hydrogens is 263 g/mol. The number of hydrazine groups is 1. The van der Waals surface area contributed by atoms with Gasteiger partial charge in [0.15, 0.2) is 5.69 Å². The molecule has 0 spiro atoms. The summed E-state index contributed by atoms with van der Waals surface area (Å²) in [5, 5.41) is 3.98. The molecule has 1 aromatic heterocycles. The summed E-state index contributed by atoms with van der Waals surface area (Å²) in [6.07, 6.45) is 0. The minimum Gasteiger partial charge on any atom is -0.272 e. The van der Waals surface area contributed by atoms with Gasteiger partial charge in [-0.2, -0.15) is 5.10 Å². The first kappa shape index (κ1) is 13.7. The third-order valence-corrected chi connectivity index (χ3v) is 2.74. The summed E-state index contributed by atoms with van der Waals surface area (Å²) < 4.78 is 14.3. The molecule has 0 saturated carbocycles. The number of aryl methyl sites for hydroxylation is 2. The Bertz CT molecular complexity index is 629. The van der Waals surface area contributed by atoms with Gasteiger partial charge in [-0.3, -0.25) is 25.1 Å². The van der Waals surface area contributed by atoms with Crippen LogP contribution in [0.4, 0.5) is 4.39 Å². The highest BCUT2D eigenvalue weighted by Crippen LogP contribution is 2.03. The number of rotatable bonds is 2. The van der Waals surface area contributed by atoms with E-state index in [0.717, 1.165) is 5.69 Å². The number of amides is 2. The Kier molecular flexibility index (Phi) is 3.79. The third-order valence-electron chi connectivity index (χ3n) is 2.74. The lowest BCUT2D eigenvalue weighted by molar-refractivity contribution is 0.0843. The Balaban J connectivity index is 1.96. The highest BCUT2D eigenvalue weighted by atomic mass is 19.1. The van der Waals surface area contributed by atoms with Crippen molar-refractivity contribution >= 4 is 11.8 Å². The summed E-state index contributed by atoms with van der Waals surface area (Å²) in [7, 11) is 1.71. The molecule has 0 aliphatic heterocycles. The molecule has 2 N–H and O–H groups in total. The zero-order chi connectivity index (χ0) is 14.7. The quantitative estimate of drug-likeness (QED) is 0.802. The fourth-order valence-electron chi connectivity index (χ4n) is 1.52. The van der Waals surface area contributed by atoms with Gasteiger partial charge >= 0.3 is 0 Å². The van der Waals surface area contributed by atoms with Crippen LogP contribution in [0.2, 0.25) is 0 Å². The van der Waals surface area contributed by atoms with Crippen molar-refractivity contribution in [1.82, 2.24) is 20.6 Å². The van der Waals surface area contributed by atoms with E-state index in [9.17, 15) is 14.0 Å². The van der Waals surface area contributed by atoms with Crippen molar-refractivity contribution in [1.29, 1.82) is 0 Å². The molecule has 0 atom stereocenters. The number of aromatic nitrogens is 2. The number of halogens is 1. The second-order valence-electron chi connectivity index (χ2n) is 4.21. The summed E-state index contributed by atoms with van der Waals surface area (Å²) in [5.74, 6) is -1.50. The number of hydrogen-bond acceptors (Lipinski definition) is 3. The van der Waals surface area contributed by atoms with Gasteiger partial charge in [0.1, 0.15) is 5.82 Å². The molecule has 0 radical (unpaired) electrons. The fourth-order valence-corrected chi connectivity index (χ4v) is 1.52. The van der Waals surface area contributed by atoms with E-state index in [-0.39, 0.29) is 11.3 Å². The molecule has 2 aromatic rings. The molecule has 0 aliphatic carbocycles. The number of carbonyl (C=O) groups excluding carboxylic acids is 2. The maximum absolute atomic E-state index is 12.7. The Hall–Kier alpha value is -2.70. The van der Waals surface area contributed by atoms with Gasteiger partial charge in [-0.15, -0.1) is 0 Å². The number of benzene rings is 1. The molecule has 2 rings (SSSR count). The summed E-state index contributed by atoms with van der Waals surface area (Å²) in [6.45, 7) is 1.81. The molecule has 0 bridgehead atoms. The van der Waals surface area contributed by atoms with Gasteiger partial charge in [-0.25, -0.2) is 4.39 Å². The lowest BCUT2D eigenvalue weighted by Gasteiger charge is -2.05. The first-order valence-electron chi connectivity index (χ1n) is 5.84. The topological polar surface area (TPSA) is 76.0 Å². The van der Waals surface area contributed by atoms with Crippen LogP contribution >= 0.6 is 0 Å². The molecular formula is C13H13FN4O2. The van der Waals surface area contributed by atoms with Crippen molar-refractivity contribution in [2.45, 2.75) is 6.92 Å². The van der Waals surface area contributed by atoms with E-state index >= 15 is 0 Å². The van der Waals surface area contributed by atoms with E-state index in [4.69, 9.17) is 0 Å². The molecule has 1 aromatic carbocycles. The average Bonchev–Trinajstić information content (AvgIpc) is 2.76.